The molecule has 3 nitrogen and oxygen atoms in total. The molecule has 94 valence electrons. The van der Waals surface area contributed by atoms with Crippen LogP contribution in [-0.4, -0.2) is 25.1 Å². The van der Waals surface area contributed by atoms with E-state index in [9.17, 15) is 0 Å². The van der Waals surface area contributed by atoms with Gasteiger partial charge in [-0.2, -0.15) is 0 Å². The standard InChI is InChI=1S/C12H17Cl2N3/c1-7(8-4-5-8)17(3)12-10(14)6-9(13)11(15-2)16-12/h6-8H,4-5H2,1-3H3,(H,15,16). The van der Waals surface area contributed by atoms with Crippen molar-refractivity contribution < 1.29 is 0 Å². The normalized spacial score (nSPS) is 16.8. The van der Waals surface area contributed by atoms with Crippen LogP contribution >= 0.6 is 23.2 Å². The Morgan fingerprint density at radius 2 is 2.06 bits per heavy atom. The predicted molar refractivity (Wildman–Crippen MR) is 74.4 cm³/mol. The first-order valence-electron chi connectivity index (χ1n) is 5.81. The van der Waals surface area contributed by atoms with Crippen molar-refractivity contribution >= 4 is 34.8 Å². The van der Waals surface area contributed by atoms with Gasteiger partial charge in [-0.15, -0.1) is 0 Å². The molecule has 0 saturated heterocycles. The fourth-order valence-corrected chi connectivity index (χ4v) is 2.55. The molecule has 1 aromatic heterocycles. The van der Waals surface area contributed by atoms with E-state index < -0.39 is 0 Å². The molecule has 0 aromatic carbocycles. The minimum Gasteiger partial charge on any atom is -0.372 e. The number of pyridine rings is 1. The molecule has 1 fully saturated rings. The highest BCUT2D eigenvalue weighted by atomic mass is 35.5. The van der Waals surface area contributed by atoms with Crippen molar-refractivity contribution in [1.82, 2.24) is 4.98 Å². The number of anilines is 2. The second-order valence-electron chi connectivity index (χ2n) is 4.56. The Hall–Kier alpha value is -0.670. The zero-order valence-corrected chi connectivity index (χ0v) is 11.8. The molecular formula is C12H17Cl2N3. The van der Waals surface area contributed by atoms with E-state index in [2.05, 4.69) is 22.1 Å². The van der Waals surface area contributed by atoms with Crippen molar-refractivity contribution in [2.75, 3.05) is 24.3 Å². The summed E-state index contributed by atoms with van der Waals surface area (Å²) in [6.07, 6.45) is 2.60. The molecule has 5 heteroatoms. The van der Waals surface area contributed by atoms with Crippen molar-refractivity contribution in [2.24, 2.45) is 5.92 Å². The molecule has 0 spiro atoms. The lowest BCUT2D eigenvalue weighted by atomic mass is 10.2. The molecule has 17 heavy (non-hydrogen) atoms. The number of aromatic nitrogens is 1. The van der Waals surface area contributed by atoms with Crippen LogP contribution < -0.4 is 10.2 Å². The minimum absolute atomic E-state index is 0.464. The van der Waals surface area contributed by atoms with Gasteiger partial charge in [0.05, 0.1) is 10.0 Å². The quantitative estimate of drug-likeness (QED) is 0.908. The number of halogens is 2. The first kappa shape index (κ1) is 12.8. The molecule has 1 atom stereocenters. The molecule has 1 heterocycles. The van der Waals surface area contributed by atoms with E-state index >= 15 is 0 Å². The van der Waals surface area contributed by atoms with E-state index in [0.29, 0.717) is 21.9 Å². The molecular weight excluding hydrogens is 257 g/mol. The summed E-state index contributed by atoms with van der Waals surface area (Å²) in [7, 11) is 3.83. The lowest BCUT2D eigenvalue weighted by Crippen LogP contribution is -2.31. The summed E-state index contributed by atoms with van der Waals surface area (Å²) in [6.45, 7) is 2.21. The fraction of sp³-hybridized carbons (Fsp3) is 0.583. The van der Waals surface area contributed by atoms with Gasteiger partial charge < -0.3 is 10.2 Å². The highest BCUT2D eigenvalue weighted by molar-refractivity contribution is 6.37. The minimum atomic E-state index is 0.464. The maximum Gasteiger partial charge on any atom is 0.149 e. The van der Waals surface area contributed by atoms with Crippen LogP contribution in [0.2, 0.25) is 10.0 Å². The average molecular weight is 274 g/mol. The zero-order chi connectivity index (χ0) is 12.6. The smallest absolute Gasteiger partial charge is 0.149 e. The van der Waals surface area contributed by atoms with Crippen LogP contribution in [0.4, 0.5) is 11.6 Å². The van der Waals surface area contributed by atoms with Crippen molar-refractivity contribution in [2.45, 2.75) is 25.8 Å². The van der Waals surface area contributed by atoms with Crippen LogP contribution in [0.3, 0.4) is 0 Å². The Morgan fingerprint density at radius 3 is 2.59 bits per heavy atom. The molecule has 1 unspecified atom stereocenters. The molecule has 1 aliphatic rings. The summed E-state index contributed by atoms with van der Waals surface area (Å²) in [5.41, 5.74) is 0. The summed E-state index contributed by atoms with van der Waals surface area (Å²) in [5, 5.41) is 4.12. The molecule has 0 amide bonds. The van der Waals surface area contributed by atoms with Crippen molar-refractivity contribution in [1.29, 1.82) is 0 Å². The summed E-state index contributed by atoms with van der Waals surface area (Å²) in [5.74, 6) is 2.23. The highest BCUT2D eigenvalue weighted by Crippen LogP contribution is 2.38. The fourth-order valence-electron chi connectivity index (χ4n) is 1.97. The maximum atomic E-state index is 6.21. The Morgan fingerprint density at radius 1 is 1.41 bits per heavy atom. The van der Waals surface area contributed by atoms with Crippen LogP contribution in [0.5, 0.6) is 0 Å². The van der Waals surface area contributed by atoms with Crippen LogP contribution in [-0.2, 0) is 0 Å². The lowest BCUT2D eigenvalue weighted by molar-refractivity contribution is 0.604. The van der Waals surface area contributed by atoms with Gasteiger partial charge in [-0.05, 0) is 31.7 Å². The molecule has 0 aliphatic heterocycles. The zero-order valence-electron chi connectivity index (χ0n) is 10.3. The molecule has 2 rings (SSSR count). The number of nitrogens with zero attached hydrogens (tertiary/aromatic N) is 2. The van der Waals surface area contributed by atoms with Crippen LogP contribution in [0, 0.1) is 5.92 Å². The Labute approximate surface area is 112 Å². The second-order valence-corrected chi connectivity index (χ2v) is 5.38. The summed E-state index contributed by atoms with van der Waals surface area (Å²) in [6, 6.07) is 2.21. The highest BCUT2D eigenvalue weighted by Gasteiger charge is 2.31. The van der Waals surface area contributed by atoms with E-state index in [0.717, 1.165) is 11.7 Å². The average Bonchev–Trinajstić information content (AvgIpc) is 3.11. The summed E-state index contributed by atoms with van der Waals surface area (Å²) in [4.78, 5) is 6.61. The molecule has 1 N–H and O–H groups in total. The van der Waals surface area contributed by atoms with E-state index in [1.54, 1.807) is 13.1 Å². The van der Waals surface area contributed by atoms with Gasteiger partial charge in [-0.1, -0.05) is 23.2 Å². The molecule has 1 aliphatic carbocycles. The molecule has 1 saturated carbocycles. The first-order chi connectivity index (χ1) is 8.04. The molecule has 1 aromatic rings. The SMILES string of the molecule is CNc1nc(N(C)C(C)C2CC2)c(Cl)cc1Cl. The monoisotopic (exact) mass is 273 g/mol. The van der Waals surface area contributed by atoms with E-state index in [4.69, 9.17) is 23.2 Å². The summed E-state index contributed by atoms with van der Waals surface area (Å²) >= 11 is 12.2. The van der Waals surface area contributed by atoms with Crippen molar-refractivity contribution in [3.63, 3.8) is 0 Å². The van der Waals surface area contributed by atoms with Gasteiger partial charge in [-0.25, -0.2) is 4.98 Å². The maximum absolute atomic E-state index is 6.21. The van der Waals surface area contributed by atoms with Gasteiger partial charge in [0.1, 0.15) is 11.6 Å². The van der Waals surface area contributed by atoms with Gasteiger partial charge in [0.25, 0.3) is 0 Å². The Balaban J connectivity index is 2.29. The van der Waals surface area contributed by atoms with Crippen LogP contribution in [0.25, 0.3) is 0 Å². The molecule has 0 radical (unpaired) electrons. The van der Waals surface area contributed by atoms with Crippen LogP contribution in [0.1, 0.15) is 19.8 Å². The number of nitrogens with one attached hydrogen (secondary N) is 1. The lowest BCUT2D eigenvalue weighted by Gasteiger charge is -2.27. The van der Waals surface area contributed by atoms with Gasteiger partial charge in [0, 0.05) is 20.1 Å². The predicted octanol–water partition coefficient (Wildman–Crippen LogP) is 3.66. The molecule has 0 bridgehead atoms. The van der Waals surface area contributed by atoms with Crippen molar-refractivity contribution in [3.8, 4) is 0 Å². The van der Waals surface area contributed by atoms with E-state index in [1.807, 2.05) is 7.05 Å². The van der Waals surface area contributed by atoms with E-state index in [1.165, 1.54) is 12.8 Å². The first-order valence-corrected chi connectivity index (χ1v) is 6.56. The number of hydrogen-bond donors (Lipinski definition) is 1. The van der Waals surface area contributed by atoms with Crippen molar-refractivity contribution in [3.05, 3.63) is 16.1 Å². The van der Waals surface area contributed by atoms with Gasteiger partial charge >= 0.3 is 0 Å². The third kappa shape index (κ3) is 2.61. The van der Waals surface area contributed by atoms with Crippen LogP contribution in [0.15, 0.2) is 6.07 Å². The summed E-state index contributed by atoms with van der Waals surface area (Å²) < 4.78 is 0. The Bertz CT molecular complexity index is 418. The third-order valence-corrected chi connectivity index (χ3v) is 3.96. The van der Waals surface area contributed by atoms with Gasteiger partial charge in [-0.3, -0.25) is 0 Å². The largest absolute Gasteiger partial charge is 0.372 e. The second kappa shape index (κ2) is 4.91. The topological polar surface area (TPSA) is 28.2 Å². The third-order valence-electron chi connectivity index (χ3n) is 3.40. The Kier molecular flexibility index (Phi) is 3.69. The number of hydrogen-bond acceptors (Lipinski definition) is 3. The van der Waals surface area contributed by atoms with Gasteiger partial charge in [0.15, 0.2) is 0 Å². The van der Waals surface area contributed by atoms with Gasteiger partial charge in [0.2, 0.25) is 0 Å². The number of rotatable bonds is 4. The van der Waals surface area contributed by atoms with E-state index in [-0.39, 0.29) is 0 Å².